The summed E-state index contributed by atoms with van der Waals surface area (Å²) in [4.78, 5) is 69.5. The first-order chi connectivity index (χ1) is 13.4. The van der Waals surface area contributed by atoms with Gasteiger partial charge in [0.15, 0.2) is 0 Å². The van der Waals surface area contributed by atoms with Gasteiger partial charge in [-0.3, -0.25) is 24.0 Å². The van der Waals surface area contributed by atoms with Gasteiger partial charge in [0.2, 0.25) is 29.5 Å². The van der Waals surface area contributed by atoms with Gasteiger partial charge < -0.3 is 38.3 Å². The molecule has 0 aliphatic rings. The first kappa shape index (κ1) is 26.1. The molecule has 0 aromatic carbocycles. The molecular weight excluding hydrogens is 408 g/mol. The third kappa shape index (κ3) is 10.3. The van der Waals surface area contributed by atoms with Crippen LogP contribution < -0.4 is 33.2 Å². The number of primary amides is 2. The number of hydrogen-bond donors (Lipinski definition) is 8. The number of nitrogens with two attached hydrogens (primary N) is 3. The summed E-state index contributed by atoms with van der Waals surface area (Å²) in [6, 6.07) is -5.06. The molecule has 10 N–H and O–H groups in total. The first-order valence-electron chi connectivity index (χ1n) is 8.46. The predicted octanol–water partition coefficient (Wildman–Crippen LogP) is -4.06. The Morgan fingerprint density at radius 1 is 0.862 bits per heavy atom. The first-order valence-corrected chi connectivity index (χ1v) is 9.09. The molecule has 4 unspecified atom stereocenters. The van der Waals surface area contributed by atoms with Crippen molar-refractivity contribution in [3.8, 4) is 0 Å². The van der Waals surface area contributed by atoms with Crippen molar-refractivity contribution in [2.75, 3.05) is 5.75 Å². The van der Waals surface area contributed by atoms with Crippen LogP contribution in [0.4, 0.5) is 0 Å². The van der Waals surface area contributed by atoms with Gasteiger partial charge in [0.1, 0.15) is 18.1 Å². The third-order valence-electron chi connectivity index (χ3n) is 3.56. The molecule has 0 bridgehead atoms. The number of nitrogens with one attached hydrogen (secondary N) is 3. The Morgan fingerprint density at radius 3 is 1.76 bits per heavy atom. The summed E-state index contributed by atoms with van der Waals surface area (Å²) in [6.07, 6.45) is -1.03. The molecule has 0 aromatic heterocycles. The van der Waals surface area contributed by atoms with Crippen LogP contribution in [0.3, 0.4) is 0 Å². The zero-order valence-corrected chi connectivity index (χ0v) is 16.6. The van der Waals surface area contributed by atoms with Crippen molar-refractivity contribution < 1.29 is 33.9 Å². The number of rotatable bonds is 13. The highest BCUT2D eigenvalue weighted by atomic mass is 32.1. The Balaban J connectivity index is 5.21. The number of aliphatic carboxylic acids is 1. The molecule has 0 fully saturated rings. The van der Waals surface area contributed by atoms with Crippen molar-refractivity contribution in [2.24, 2.45) is 17.2 Å². The summed E-state index contributed by atoms with van der Waals surface area (Å²) in [7, 11) is 0. The fourth-order valence-corrected chi connectivity index (χ4v) is 2.26. The van der Waals surface area contributed by atoms with Crippen molar-refractivity contribution in [3.63, 3.8) is 0 Å². The average molecular weight is 434 g/mol. The van der Waals surface area contributed by atoms with Crippen LogP contribution in [-0.4, -0.2) is 70.5 Å². The maximum atomic E-state index is 12.5. The van der Waals surface area contributed by atoms with Gasteiger partial charge in [0, 0.05) is 12.2 Å². The molecule has 164 valence electrons. The van der Waals surface area contributed by atoms with Crippen LogP contribution in [0.1, 0.15) is 26.2 Å². The van der Waals surface area contributed by atoms with Crippen molar-refractivity contribution in [1.29, 1.82) is 0 Å². The SMILES string of the molecule is CC(N)C(=O)NC(CCC(N)=O)C(=O)NC(CS)C(=O)NC(CC(N)=O)C(=O)O. The average Bonchev–Trinajstić information content (AvgIpc) is 2.60. The van der Waals surface area contributed by atoms with Gasteiger partial charge in [-0.1, -0.05) is 0 Å². The van der Waals surface area contributed by atoms with E-state index in [1.54, 1.807) is 0 Å². The Bertz CT molecular complexity index is 657. The number of hydrogen-bond acceptors (Lipinski definition) is 8. The van der Waals surface area contributed by atoms with E-state index in [2.05, 4.69) is 28.6 Å². The van der Waals surface area contributed by atoms with E-state index in [-0.39, 0.29) is 18.6 Å². The number of carboxylic acid groups (broad SMARTS) is 1. The Kier molecular flexibility index (Phi) is 11.3. The second-order valence-corrected chi connectivity index (χ2v) is 6.53. The molecule has 29 heavy (non-hydrogen) atoms. The Hall–Kier alpha value is -2.87. The van der Waals surface area contributed by atoms with Crippen LogP contribution in [0.25, 0.3) is 0 Å². The lowest BCUT2D eigenvalue weighted by Gasteiger charge is -2.23. The second kappa shape index (κ2) is 12.6. The fraction of sp³-hybridized carbons (Fsp3) is 0.600. The molecule has 0 saturated heterocycles. The van der Waals surface area contributed by atoms with E-state index in [9.17, 15) is 28.8 Å². The molecule has 4 atom stereocenters. The van der Waals surface area contributed by atoms with Gasteiger partial charge in [-0.05, 0) is 13.3 Å². The van der Waals surface area contributed by atoms with Crippen LogP contribution in [0.15, 0.2) is 0 Å². The standard InChI is InChI=1S/C15H26N6O7S/c1-6(16)12(24)19-7(2-3-10(17)22)13(25)21-9(5-29)14(26)20-8(15(27)28)4-11(18)23/h6-9,29H,2-5,16H2,1H3,(H2,17,22)(H2,18,23)(H,19,24)(H,20,26)(H,21,25)(H,27,28). The molecule has 0 radical (unpaired) electrons. The molecular formula is C15H26N6O7S. The van der Waals surface area contributed by atoms with Crippen molar-refractivity contribution >= 4 is 48.1 Å². The summed E-state index contributed by atoms with van der Waals surface area (Å²) in [5.41, 5.74) is 15.4. The molecule has 0 aliphatic heterocycles. The molecule has 5 amide bonds. The van der Waals surface area contributed by atoms with E-state index in [1.807, 2.05) is 0 Å². The maximum Gasteiger partial charge on any atom is 0.326 e. The van der Waals surface area contributed by atoms with Crippen LogP contribution >= 0.6 is 12.6 Å². The number of carboxylic acids is 1. The monoisotopic (exact) mass is 434 g/mol. The lowest BCUT2D eigenvalue weighted by molar-refractivity contribution is -0.143. The van der Waals surface area contributed by atoms with E-state index in [1.165, 1.54) is 6.92 Å². The summed E-state index contributed by atoms with van der Waals surface area (Å²) in [6.45, 7) is 1.38. The minimum absolute atomic E-state index is 0.153. The van der Waals surface area contributed by atoms with E-state index in [0.29, 0.717) is 0 Å². The van der Waals surface area contributed by atoms with Crippen LogP contribution in [0.2, 0.25) is 0 Å². The number of thiol groups is 1. The smallest absolute Gasteiger partial charge is 0.326 e. The minimum atomic E-state index is -1.59. The van der Waals surface area contributed by atoms with E-state index >= 15 is 0 Å². The Morgan fingerprint density at radius 2 is 1.34 bits per heavy atom. The maximum absolute atomic E-state index is 12.5. The van der Waals surface area contributed by atoms with Crippen LogP contribution in [0, 0.1) is 0 Å². The summed E-state index contributed by atoms with van der Waals surface area (Å²) in [5.74, 6) is -5.83. The van der Waals surface area contributed by atoms with Gasteiger partial charge in [-0.2, -0.15) is 12.6 Å². The zero-order valence-electron chi connectivity index (χ0n) is 15.7. The largest absolute Gasteiger partial charge is 0.480 e. The predicted molar refractivity (Wildman–Crippen MR) is 103 cm³/mol. The van der Waals surface area contributed by atoms with Crippen LogP contribution in [-0.2, 0) is 28.8 Å². The Labute approximate surface area is 171 Å². The number of carbonyl (C=O) groups excluding carboxylic acids is 5. The highest BCUT2D eigenvalue weighted by Crippen LogP contribution is 2.01. The summed E-state index contributed by atoms with van der Waals surface area (Å²) in [5, 5.41) is 15.7. The van der Waals surface area contributed by atoms with Gasteiger partial charge in [-0.15, -0.1) is 0 Å². The van der Waals surface area contributed by atoms with Gasteiger partial charge >= 0.3 is 5.97 Å². The quantitative estimate of drug-likeness (QED) is 0.132. The topological polar surface area (TPSA) is 237 Å². The van der Waals surface area contributed by atoms with Crippen molar-refractivity contribution in [2.45, 2.75) is 50.4 Å². The molecule has 0 spiro atoms. The molecule has 14 heteroatoms. The van der Waals surface area contributed by atoms with Crippen molar-refractivity contribution in [3.05, 3.63) is 0 Å². The minimum Gasteiger partial charge on any atom is -0.480 e. The molecule has 0 saturated carbocycles. The highest BCUT2D eigenvalue weighted by Gasteiger charge is 2.30. The lowest BCUT2D eigenvalue weighted by Crippen LogP contribution is -2.57. The molecule has 0 aliphatic carbocycles. The molecule has 0 aromatic rings. The van der Waals surface area contributed by atoms with Crippen molar-refractivity contribution in [1.82, 2.24) is 16.0 Å². The van der Waals surface area contributed by atoms with Gasteiger partial charge in [0.05, 0.1) is 12.5 Å². The second-order valence-electron chi connectivity index (χ2n) is 6.17. The van der Waals surface area contributed by atoms with Gasteiger partial charge in [-0.25, -0.2) is 4.79 Å². The highest BCUT2D eigenvalue weighted by molar-refractivity contribution is 7.80. The number of carbonyl (C=O) groups is 6. The van der Waals surface area contributed by atoms with E-state index in [0.717, 1.165) is 0 Å². The zero-order chi connectivity index (χ0) is 22.7. The molecule has 13 nitrogen and oxygen atoms in total. The molecule has 0 rings (SSSR count). The van der Waals surface area contributed by atoms with E-state index < -0.39 is 66.1 Å². The summed E-state index contributed by atoms with van der Waals surface area (Å²) < 4.78 is 0. The number of amides is 5. The normalized spacial score (nSPS) is 14.6. The molecule has 0 heterocycles. The third-order valence-corrected chi connectivity index (χ3v) is 3.93. The lowest BCUT2D eigenvalue weighted by atomic mass is 10.1. The van der Waals surface area contributed by atoms with E-state index in [4.69, 9.17) is 22.3 Å². The summed E-state index contributed by atoms with van der Waals surface area (Å²) >= 11 is 3.93. The fourth-order valence-electron chi connectivity index (χ4n) is 2.00. The van der Waals surface area contributed by atoms with Gasteiger partial charge in [0.25, 0.3) is 0 Å². The van der Waals surface area contributed by atoms with Crippen LogP contribution in [0.5, 0.6) is 0 Å².